The number of carbonyl (C=O) groups is 3. The number of nitrogens with zero attached hydrogens (tertiary/aromatic N) is 1. The van der Waals surface area contributed by atoms with Crippen LogP contribution < -0.4 is 15.0 Å². The molecule has 0 saturated carbocycles. The van der Waals surface area contributed by atoms with Gasteiger partial charge in [0.2, 0.25) is 5.91 Å². The van der Waals surface area contributed by atoms with E-state index in [9.17, 15) is 14.4 Å². The molecule has 0 unspecified atom stereocenters. The van der Waals surface area contributed by atoms with Crippen LogP contribution in [0.1, 0.15) is 42.3 Å². The summed E-state index contributed by atoms with van der Waals surface area (Å²) in [5.74, 6) is -0.958. The third-order valence-corrected chi connectivity index (χ3v) is 8.51. The maximum atomic E-state index is 14.6. The van der Waals surface area contributed by atoms with Gasteiger partial charge in [-0.1, -0.05) is 62.7 Å². The van der Waals surface area contributed by atoms with Crippen LogP contribution in [0, 0.1) is 11.3 Å². The summed E-state index contributed by atoms with van der Waals surface area (Å²) in [6, 6.07) is 18.3. The quantitative estimate of drug-likeness (QED) is 0.415. The number of para-hydroxylation sites is 1. The van der Waals surface area contributed by atoms with E-state index >= 15 is 0 Å². The molecule has 3 aliphatic heterocycles. The van der Waals surface area contributed by atoms with Crippen LogP contribution in [0.2, 0.25) is 5.02 Å². The Bertz CT molecular complexity index is 1560. The van der Waals surface area contributed by atoms with E-state index in [2.05, 4.69) is 5.32 Å². The molecule has 39 heavy (non-hydrogen) atoms. The second-order valence-corrected chi connectivity index (χ2v) is 11.8. The molecule has 0 aromatic heterocycles. The zero-order chi connectivity index (χ0) is 27.7. The maximum Gasteiger partial charge on any atom is 0.238 e. The number of ketones is 2. The second-order valence-electron chi connectivity index (χ2n) is 11.4. The summed E-state index contributed by atoms with van der Waals surface area (Å²) in [7, 11) is 1.61. The standard InChI is InChI=1S/C32H29ClN2O4/c1-31(2,3)29(37)27-26(28(36)18-9-12-20(33)13-10-18)32(22-7-5-6-8-23(22)34-30(32)38)25-16-11-19-17-21(39-4)14-15-24(19)35(25)27/h5-17,25-27H,1-4H3,(H,34,38)/t25-,26+,27-,32-/m0/s1. The first-order valence-electron chi connectivity index (χ1n) is 13.0. The fourth-order valence-electron chi connectivity index (χ4n) is 6.52. The van der Waals surface area contributed by atoms with Gasteiger partial charge in [-0.15, -0.1) is 0 Å². The van der Waals surface area contributed by atoms with Crippen molar-refractivity contribution < 1.29 is 19.1 Å². The van der Waals surface area contributed by atoms with E-state index in [0.717, 1.165) is 16.8 Å². The number of hydrogen-bond donors (Lipinski definition) is 1. The first-order valence-corrected chi connectivity index (χ1v) is 13.4. The molecule has 0 aliphatic carbocycles. The molecule has 1 spiro atoms. The van der Waals surface area contributed by atoms with E-state index < -0.39 is 28.8 Å². The number of hydrogen-bond acceptors (Lipinski definition) is 5. The van der Waals surface area contributed by atoms with E-state index in [1.54, 1.807) is 31.4 Å². The number of amides is 1. The van der Waals surface area contributed by atoms with E-state index in [-0.39, 0.29) is 17.5 Å². The lowest BCUT2D eigenvalue weighted by Crippen LogP contribution is -2.51. The highest BCUT2D eigenvalue weighted by atomic mass is 35.5. The summed E-state index contributed by atoms with van der Waals surface area (Å²) >= 11 is 6.15. The van der Waals surface area contributed by atoms with Crippen LogP contribution in [-0.2, 0) is 15.0 Å². The monoisotopic (exact) mass is 540 g/mol. The molecule has 3 heterocycles. The number of ether oxygens (including phenoxy) is 1. The van der Waals surface area contributed by atoms with Gasteiger partial charge in [-0.25, -0.2) is 0 Å². The molecule has 0 radical (unpaired) electrons. The van der Waals surface area contributed by atoms with Gasteiger partial charge >= 0.3 is 0 Å². The molecule has 1 N–H and O–H groups in total. The smallest absolute Gasteiger partial charge is 0.238 e. The predicted octanol–water partition coefficient (Wildman–Crippen LogP) is 5.94. The number of halogens is 1. The number of anilines is 2. The molecule has 3 aromatic rings. The van der Waals surface area contributed by atoms with Gasteiger partial charge in [-0.2, -0.15) is 0 Å². The van der Waals surface area contributed by atoms with Crippen molar-refractivity contribution in [2.75, 3.05) is 17.3 Å². The van der Waals surface area contributed by atoms with Crippen LogP contribution in [0.25, 0.3) is 6.08 Å². The molecule has 3 aromatic carbocycles. The zero-order valence-electron chi connectivity index (χ0n) is 22.2. The largest absolute Gasteiger partial charge is 0.497 e. The molecule has 1 fully saturated rings. The highest BCUT2D eigenvalue weighted by molar-refractivity contribution is 6.30. The molecule has 3 aliphatic rings. The normalized spacial score (nSPS) is 24.7. The van der Waals surface area contributed by atoms with Gasteiger partial charge in [0.25, 0.3) is 0 Å². The predicted molar refractivity (Wildman–Crippen MR) is 153 cm³/mol. The first kappa shape index (κ1) is 25.4. The maximum absolute atomic E-state index is 14.6. The summed E-state index contributed by atoms with van der Waals surface area (Å²) in [5, 5.41) is 3.55. The van der Waals surface area contributed by atoms with Crippen LogP contribution in [0.15, 0.2) is 72.8 Å². The summed E-state index contributed by atoms with van der Waals surface area (Å²) in [6.45, 7) is 5.57. The van der Waals surface area contributed by atoms with Crippen molar-refractivity contribution in [1.82, 2.24) is 0 Å². The van der Waals surface area contributed by atoms with Crippen molar-refractivity contribution in [3.63, 3.8) is 0 Å². The number of fused-ring (bicyclic) bond motifs is 6. The third kappa shape index (κ3) is 3.58. The van der Waals surface area contributed by atoms with Crippen molar-refractivity contribution in [3.05, 3.63) is 94.5 Å². The van der Waals surface area contributed by atoms with Crippen LogP contribution in [-0.4, -0.2) is 36.7 Å². The Kier molecular flexibility index (Phi) is 5.74. The number of carbonyl (C=O) groups excluding carboxylic acids is 3. The van der Waals surface area contributed by atoms with Gasteiger partial charge < -0.3 is 15.0 Å². The lowest BCUT2D eigenvalue weighted by molar-refractivity contribution is -0.128. The average molecular weight is 541 g/mol. The van der Waals surface area contributed by atoms with Gasteiger partial charge in [0.05, 0.1) is 19.1 Å². The van der Waals surface area contributed by atoms with E-state index in [1.807, 2.05) is 80.3 Å². The molecule has 1 saturated heterocycles. The minimum Gasteiger partial charge on any atom is -0.497 e. The summed E-state index contributed by atoms with van der Waals surface area (Å²) in [4.78, 5) is 45.3. The molecule has 6 rings (SSSR count). The summed E-state index contributed by atoms with van der Waals surface area (Å²) in [5.41, 5.74) is 1.34. The van der Waals surface area contributed by atoms with E-state index in [0.29, 0.717) is 22.0 Å². The van der Waals surface area contributed by atoms with Crippen molar-refractivity contribution in [3.8, 4) is 5.75 Å². The Balaban J connectivity index is 1.67. The average Bonchev–Trinajstić information content (AvgIpc) is 3.40. The number of rotatable bonds is 4. The zero-order valence-corrected chi connectivity index (χ0v) is 23.0. The van der Waals surface area contributed by atoms with Gasteiger partial charge in [0.1, 0.15) is 17.2 Å². The first-order chi connectivity index (χ1) is 18.6. The highest BCUT2D eigenvalue weighted by Crippen LogP contribution is 2.58. The Morgan fingerprint density at radius 1 is 1.03 bits per heavy atom. The molecule has 6 nitrogen and oxygen atoms in total. The Morgan fingerprint density at radius 2 is 1.74 bits per heavy atom. The second kappa shape index (κ2) is 8.82. The van der Waals surface area contributed by atoms with Crippen LogP contribution in [0.5, 0.6) is 5.75 Å². The minimum atomic E-state index is -1.33. The van der Waals surface area contributed by atoms with Crippen molar-refractivity contribution in [2.45, 2.75) is 38.3 Å². The van der Waals surface area contributed by atoms with Gasteiger partial charge in [-0.3, -0.25) is 14.4 Å². The lowest BCUT2D eigenvalue weighted by atomic mass is 9.63. The Labute approximate surface area is 232 Å². The van der Waals surface area contributed by atoms with E-state index in [4.69, 9.17) is 16.3 Å². The van der Waals surface area contributed by atoms with Crippen molar-refractivity contribution in [2.24, 2.45) is 11.3 Å². The Hall–Kier alpha value is -3.90. The number of methoxy groups -OCH3 is 1. The van der Waals surface area contributed by atoms with Crippen LogP contribution in [0.4, 0.5) is 11.4 Å². The van der Waals surface area contributed by atoms with Gasteiger partial charge in [-0.05, 0) is 54.1 Å². The van der Waals surface area contributed by atoms with Crippen molar-refractivity contribution in [1.29, 1.82) is 0 Å². The molecule has 1 amide bonds. The molecule has 7 heteroatoms. The highest BCUT2D eigenvalue weighted by Gasteiger charge is 2.70. The fourth-order valence-corrected chi connectivity index (χ4v) is 6.65. The van der Waals surface area contributed by atoms with Crippen LogP contribution in [0.3, 0.4) is 0 Å². The molecular weight excluding hydrogens is 512 g/mol. The van der Waals surface area contributed by atoms with Gasteiger partial charge in [0, 0.05) is 32.9 Å². The number of benzene rings is 3. The topological polar surface area (TPSA) is 75.7 Å². The Morgan fingerprint density at radius 3 is 2.44 bits per heavy atom. The molecule has 0 bridgehead atoms. The number of nitrogens with one attached hydrogen (secondary N) is 1. The fraction of sp³-hybridized carbons (Fsp3) is 0.281. The third-order valence-electron chi connectivity index (χ3n) is 8.26. The SMILES string of the molecule is COc1ccc2c(c1)C=C[C@@H]1N2[C@H](C(=O)C(C)(C)C)[C@H](C(=O)c2ccc(Cl)cc2)[C@@]12C(=O)Nc1ccccc12. The van der Waals surface area contributed by atoms with Crippen molar-refractivity contribution >= 4 is 46.5 Å². The molecular formula is C32H29ClN2O4. The molecule has 198 valence electrons. The van der Waals surface area contributed by atoms with E-state index in [1.165, 1.54) is 0 Å². The summed E-state index contributed by atoms with van der Waals surface area (Å²) < 4.78 is 5.46. The van der Waals surface area contributed by atoms with Crippen LogP contribution >= 0.6 is 11.6 Å². The lowest BCUT2D eigenvalue weighted by Gasteiger charge is -2.38. The minimum absolute atomic E-state index is 0.106. The van der Waals surface area contributed by atoms with Gasteiger partial charge in [0.15, 0.2) is 11.6 Å². The molecule has 4 atom stereocenters. The summed E-state index contributed by atoms with van der Waals surface area (Å²) in [6.07, 6.45) is 3.92. The number of Topliss-reactive ketones (excluding diaryl/α,β-unsaturated/α-hetero) is 2.